The second-order valence-electron chi connectivity index (χ2n) is 6.14. The lowest BCUT2D eigenvalue weighted by molar-refractivity contribution is 0.103. The van der Waals surface area contributed by atoms with Gasteiger partial charge in [-0.1, -0.05) is 6.92 Å². The summed E-state index contributed by atoms with van der Waals surface area (Å²) in [5.41, 5.74) is 3.14. The summed E-state index contributed by atoms with van der Waals surface area (Å²) in [5, 5.41) is 5.49. The predicted octanol–water partition coefficient (Wildman–Crippen LogP) is 4.64. The van der Waals surface area contributed by atoms with Crippen molar-refractivity contribution in [1.82, 2.24) is 9.97 Å². The lowest BCUT2D eigenvalue weighted by atomic mass is 9.90. The Labute approximate surface area is 148 Å². The van der Waals surface area contributed by atoms with Gasteiger partial charge in [-0.2, -0.15) is 0 Å². The summed E-state index contributed by atoms with van der Waals surface area (Å²) in [6.07, 6.45) is 6.90. The Morgan fingerprint density at radius 3 is 3.17 bits per heavy atom. The molecule has 0 fully saturated rings. The van der Waals surface area contributed by atoms with Gasteiger partial charge in [0.25, 0.3) is 5.91 Å². The number of hydrogen-bond acceptors (Lipinski definition) is 5. The molecule has 0 spiro atoms. The minimum absolute atomic E-state index is 0.0610. The summed E-state index contributed by atoms with van der Waals surface area (Å²) >= 11 is 3.06. The SMILES string of the molecule is CC1CCc2sc(C(=O)Nc3nc(-c4cccnc4)cs3)cc2C1. The molecule has 0 saturated heterocycles. The van der Waals surface area contributed by atoms with E-state index in [0.29, 0.717) is 11.0 Å². The van der Waals surface area contributed by atoms with Gasteiger partial charge in [0.1, 0.15) is 0 Å². The van der Waals surface area contributed by atoms with Crippen molar-refractivity contribution in [3.63, 3.8) is 0 Å². The number of carbonyl (C=O) groups is 1. The number of thiophene rings is 1. The van der Waals surface area contributed by atoms with Crippen LogP contribution < -0.4 is 5.32 Å². The molecular formula is C18H17N3OS2. The van der Waals surface area contributed by atoms with Gasteiger partial charge in [0, 0.05) is 28.2 Å². The molecule has 0 bridgehead atoms. The van der Waals surface area contributed by atoms with Crippen molar-refractivity contribution in [3.8, 4) is 11.3 Å². The van der Waals surface area contributed by atoms with E-state index in [2.05, 4.69) is 28.3 Å². The molecule has 3 aromatic rings. The van der Waals surface area contributed by atoms with Crippen LogP contribution in [0.25, 0.3) is 11.3 Å². The monoisotopic (exact) mass is 355 g/mol. The Kier molecular flexibility index (Phi) is 4.16. The Morgan fingerprint density at radius 2 is 2.33 bits per heavy atom. The van der Waals surface area contributed by atoms with E-state index in [-0.39, 0.29) is 5.91 Å². The molecule has 0 aromatic carbocycles. The summed E-state index contributed by atoms with van der Waals surface area (Å²) in [6, 6.07) is 5.90. The number of nitrogens with zero attached hydrogens (tertiary/aromatic N) is 2. The molecule has 1 amide bonds. The second-order valence-corrected chi connectivity index (χ2v) is 8.14. The number of aryl methyl sites for hydroxylation is 1. The zero-order chi connectivity index (χ0) is 16.5. The maximum Gasteiger partial charge on any atom is 0.267 e. The largest absolute Gasteiger partial charge is 0.297 e. The van der Waals surface area contributed by atoms with Gasteiger partial charge in [-0.05, 0) is 48.9 Å². The van der Waals surface area contributed by atoms with E-state index in [1.165, 1.54) is 28.2 Å². The lowest BCUT2D eigenvalue weighted by Gasteiger charge is -2.16. The normalized spacial score (nSPS) is 16.6. The molecule has 1 atom stereocenters. The summed E-state index contributed by atoms with van der Waals surface area (Å²) < 4.78 is 0. The van der Waals surface area contributed by atoms with Crippen molar-refractivity contribution in [1.29, 1.82) is 0 Å². The zero-order valence-electron chi connectivity index (χ0n) is 13.3. The molecule has 6 heteroatoms. The summed E-state index contributed by atoms with van der Waals surface area (Å²) in [4.78, 5) is 23.3. The van der Waals surface area contributed by atoms with Crippen LogP contribution in [0.4, 0.5) is 5.13 Å². The number of amides is 1. The van der Waals surface area contributed by atoms with E-state index in [1.807, 2.05) is 17.5 Å². The van der Waals surface area contributed by atoms with Crippen LogP contribution in [0.3, 0.4) is 0 Å². The fraction of sp³-hybridized carbons (Fsp3) is 0.278. The first-order valence-electron chi connectivity index (χ1n) is 7.98. The van der Waals surface area contributed by atoms with E-state index in [1.54, 1.807) is 23.7 Å². The van der Waals surface area contributed by atoms with Crippen molar-refractivity contribution in [2.75, 3.05) is 5.32 Å². The van der Waals surface area contributed by atoms with Gasteiger partial charge in [0.15, 0.2) is 5.13 Å². The summed E-state index contributed by atoms with van der Waals surface area (Å²) in [6.45, 7) is 2.27. The molecule has 1 aliphatic rings. The third-order valence-corrected chi connectivity index (χ3v) is 6.23. The molecule has 122 valence electrons. The van der Waals surface area contributed by atoms with Crippen LogP contribution in [0.15, 0.2) is 36.0 Å². The van der Waals surface area contributed by atoms with Crippen molar-refractivity contribution >= 4 is 33.7 Å². The summed E-state index contributed by atoms with van der Waals surface area (Å²) in [7, 11) is 0. The number of anilines is 1. The van der Waals surface area contributed by atoms with Crippen LogP contribution in [0.5, 0.6) is 0 Å². The highest BCUT2D eigenvalue weighted by Crippen LogP contribution is 2.33. The van der Waals surface area contributed by atoms with Crippen LogP contribution in [0.2, 0.25) is 0 Å². The average molecular weight is 355 g/mol. The van der Waals surface area contributed by atoms with Crippen LogP contribution in [0, 0.1) is 5.92 Å². The number of nitrogens with one attached hydrogen (secondary N) is 1. The molecule has 0 radical (unpaired) electrons. The number of rotatable bonds is 3. The Bertz CT molecular complexity index is 870. The number of pyridine rings is 1. The summed E-state index contributed by atoms with van der Waals surface area (Å²) in [5.74, 6) is 0.651. The molecule has 3 aromatic heterocycles. The Balaban J connectivity index is 1.50. The molecule has 3 heterocycles. The fourth-order valence-corrected chi connectivity index (χ4v) is 4.77. The standard InChI is InChI=1S/C18H17N3OS2/c1-11-4-5-15-13(7-11)8-16(24-15)17(22)21-18-20-14(10-23-18)12-3-2-6-19-9-12/h2-3,6,8-11H,4-5,7H2,1H3,(H,20,21,22). The third kappa shape index (κ3) is 3.12. The van der Waals surface area contributed by atoms with E-state index in [9.17, 15) is 4.79 Å². The fourth-order valence-electron chi connectivity index (χ4n) is 2.95. The van der Waals surface area contributed by atoms with Gasteiger partial charge < -0.3 is 0 Å². The quantitative estimate of drug-likeness (QED) is 0.744. The van der Waals surface area contributed by atoms with E-state index in [0.717, 1.165) is 29.0 Å². The van der Waals surface area contributed by atoms with Crippen molar-refractivity contribution in [2.45, 2.75) is 26.2 Å². The number of thiazole rings is 1. The van der Waals surface area contributed by atoms with Crippen molar-refractivity contribution in [3.05, 3.63) is 51.3 Å². The third-order valence-electron chi connectivity index (χ3n) is 4.23. The Morgan fingerprint density at radius 1 is 1.42 bits per heavy atom. The molecule has 0 aliphatic heterocycles. The molecule has 4 rings (SSSR count). The van der Waals surface area contributed by atoms with Gasteiger partial charge in [-0.15, -0.1) is 22.7 Å². The lowest BCUT2D eigenvalue weighted by Crippen LogP contribution is -2.10. The van der Waals surface area contributed by atoms with Crippen LogP contribution in [-0.2, 0) is 12.8 Å². The van der Waals surface area contributed by atoms with Gasteiger partial charge in [0.2, 0.25) is 0 Å². The molecular weight excluding hydrogens is 338 g/mol. The average Bonchev–Trinajstić information content (AvgIpc) is 3.22. The highest BCUT2D eigenvalue weighted by atomic mass is 32.1. The van der Waals surface area contributed by atoms with Crippen LogP contribution in [-0.4, -0.2) is 15.9 Å². The van der Waals surface area contributed by atoms with Crippen LogP contribution in [0.1, 0.15) is 33.5 Å². The molecule has 1 aliphatic carbocycles. The van der Waals surface area contributed by atoms with Crippen molar-refractivity contribution in [2.24, 2.45) is 5.92 Å². The topological polar surface area (TPSA) is 54.9 Å². The Hall–Kier alpha value is -2.05. The first-order chi connectivity index (χ1) is 11.7. The molecule has 1 N–H and O–H groups in total. The zero-order valence-corrected chi connectivity index (χ0v) is 14.9. The number of hydrogen-bond donors (Lipinski definition) is 1. The van der Waals surface area contributed by atoms with E-state index in [4.69, 9.17) is 0 Å². The van der Waals surface area contributed by atoms with E-state index >= 15 is 0 Å². The number of aromatic nitrogens is 2. The van der Waals surface area contributed by atoms with Gasteiger partial charge >= 0.3 is 0 Å². The first kappa shape index (κ1) is 15.5. The molecule has 0 saturated carbocycles. The molecule has 24 heavy (non-hydrogen) atoms. The van der Waals surface area contributed by atoms with Gasteiger partial charge in [0.05, 0.1) is 10.6 Å². The maximum absolute atomic E-state index is 12.5. The minimum Gasteiger partial charge on any atom is -0.297 e. The van der Waals surface area contributed by atoms with Crippen molar-refractivity contribution < 1.29 is 4.79 Å². The van der Waals surface area contributed by atoms with Gasteiger partial charge in [-0.25, -0.2) is 4.98 Å². The van der Waals surface area contributed by atoms with Gasteiger partial charge in [-0.3, -0.25) is 15.1 Å². The maximum atomic E-state index is 12.5. The first-order valence-corrected chi connectivity index (χ1v) is 9.67. The van der Waals surface area contributed by atoms with Crippen LogP contribution >= 0.6 is 22.7 Å². The highest BCUT2D eigenvalue weighted by Gasteiger charge is 2.21. The molecule has 1 unspecified atom stereocenters. The highest BCUT2D eigenvalue weighted by molar-refractivity contribution is 7.15. The van der Waals surface area contributed by atoms with E-state index < -0.39 is 0 Å². The molecule has 4 nitrogen and oxygen atoms in total. The minimum atomic E-state index is -0.0610. The number of fused-ring (bicyclic) bond motifs is 1. The second kappa shape index (κ2) is 6.45. The smallest absolute Gasteiger partial charge is 0.267 e. The predicted molar refractivity (Wildman–Crippen MR) is 98.8 cm³/mol. The number of carbonyl (C=O) groups excluding carboxylic acids is 1.